The minimum Gasteiger partial charge on any atom is -0.377 e. The molecule has 0 spiro atoms. The Morgan fingerprint density at radius 3 is 2.95 bits per heavy atom. The zero-order valence-electron chi connectivity index (χ0n) is 11.3. The fourth-order valence-electron chi connectivity index (χ4n) is 2.04. The molecule has 0 atom stereocenters. The smallest absolute Gasteiger partial charge is 0.273 e. The van der Waals surface area contributed by atoms with Crippen molar-refractivity contribution in [3.8, 4) is 10.6 Å². The molecule has 0 aliphatic rings. The van der Waals surface area contributed by atoms with Crippen molar-refractivity contribution in [2.45, 2.75) is 13.5 Å². The highest BCUT2D eigenvalue weighted by molar-refractivity contribution is 7.19. The van der Waals surface area contributed by atoms with Gasteiger partial charge in [0.15, 0.2) is 5.82 Å². The topological polar surface area (TPSA) is 95.5 Å². The van der Waals surface area contributed by atoms with Crippen LogP contribution in [0, 0.1) is 17.0 Å². The van der Waals surface area contributed by atoms with Crippen LogP contribution in [-0.4, -0.2) is 31.8 Å². The van der Waals surface area contributed by atoms with Gasteiger partial charge in [-0.05, 0) is 6.92 Å². The highest BCUT2D eigenvalue weighted by atomic mass is 32.1. The van der Waals surface area contributed by atoms with Crippen LogP contribution in [0.2, 0.25) is 0 Å². The van der Waals surface area contributed by atoms with Crippen molar-refractivity contribution < 1.29 is 9.66 Å². The van der Waals surface area contributed by atoms with Gasteiger partial charge >= 0.3 is 0 Å². The highest BCUT2D eigenvalue weighted by Gasteiger charge is 2.18. The normalized spacial score (nSPS) is 11.1. The lowest BCUT2D eigenvalue weighted by molar-refractivity contribution is -0.385. The Bertz CT molecular complexity index is 826. The zero-order valence-corrected chi connectivity index (χ0v) is 12.1. The minimum atomic E-state index is -0.393. The molecule has 3 aromatic rings. The van der Waals surface area contributed by atoms with E-state index in [1.807, 2.05) is 6.07 Å². The number of hydrogen-bond acceptors (Lipinski definition) is 7. The third-order valence-electron chi connectivity index (χ3n) is 3.06. The van der Waals surface area contributed by atoms with Crippen LogP contribution in [0.3, 0.4) is 0 Å². The number of nitro groups is 1. The summed E-state index contributed by atoms with van der Waals surface area (Å²) in [6.07, 6.45) is 0. The molecule has 2 heterocycles. The van der Waals surface area contributed by atoms with Crippen LogP contribution in [0.4, 0.5) is 5.69 Å². The molecule has 0 amide bonds. The van der Waals surface area contributed by atoms with Crippen molar-refractivity contribution in [3.05, 3.63) is 39.7 Å². The molecule has 108 valence electrons. The lowest BCUT2D eigenvalue weighted by atomic mass is 10.1. The molecule has 0 fully saturated rings. The number of rotatable bonds is 4. The summed E-state index contributed by atoms with van der Waals surface area (Å²) < 4.78 is 6.63. The maximum Gasteiger partial charge on any atom is 0.273 e. The third kappa shape index (κ3) is 2.26. The van der Waals surface area contributed by atoms with E-state index in [1.54, 1.807) is 24.6 Å². The molecule has 0 saturated carbocycles. The van der Waals surface area contributed by atoms with Crippen molar-refractivity contribution in [1.29, 1.82) is 0 Å². The van der Waals surface area contributed by atoms with E-state index in [2.05, 4.69) is 15.3 Å². The van der Waals surface area contributed by atoms with E-state index in [1.165, 1.54) is 17.4 Å². The standard InChI is InChI=1S/C12H11N5O3S/c1-7-8(4-3-5-9(7)17(18)19)11-15-16-10(6-20-2)13-14-12(16)21-11/h3-5H,6H2,1-2H3. The van der Waals surface area contributed by atoms with E-state index >= 15 is 0 Å². The molecule has 0 aliphatic heterocycles. The maximum absolute atomic E-state index is 11.0. The fraction of sp³-hybridized carbons (Fsp3) is 0.250. The first kappa shape index (κ1) is 13.6. The number of ether oxygens (including phenoxy) is 1. The van der Waals surface area contributed by atoms with Gasteiger partial charge in [-0.25, -0.2) is 0 Å². The van der Waals surface area contributed by atoms with Crippen molar-refractivity contribution >= 4 is 22.0 Å². The molecule has 2 aromatic heterocycles. The number of aromatic nitrogens is 4. The molecule has 0 bridgehead atoms. The van der Waals surface area contributed by atoms with Crippen LogP contribution < -0.4 is 0 Å². The summed E-state index contributed by atoms with van der Waals surface area (Å²) >= 11 is 1.33. The zero-order chi connectivity index (χ0) is 15.0. The molecule has 9 heteroatoms. The Kier molecular flexibility index (Phi) is 3.35. The monoisotopic (exact) mass is 305 g/mol. The van der Waals surface area contributed by atoms with Crippen molar-refractivity contribution in [3.63, 3.8) is 0 Å². The Balaban J connectivity index is 2.12. The summed E-state index contributed by atoms with van der Waals surface area (Å²) in [5.74, 6) is 0.595. The first-order chi connectivity index (χ1) is 10.1. The molecule has 21 heavy (non-hydrogen) atoms. The summed E-state index contributed by atoms with van der Waals surface area (Å²) in [5.41, 5.74) is 1.39. The highest BCUT2D eigenvalue weighted by Crippen LogP contribution is 2.32. The molecule has 0 unspecified atom stereocenters. The number of nitro benzene ring substituents is 1. The Morgan fingerprint density at radius 2 is 2.24 bits per heavy atom. The minimum absolute atomic E-state index is 0.0792. The summed E-state index contributed by atoms with van der Waals surface area (Å²) in [6, 6.07) is 4.94. The molecule has 3 rings (SSSR count). The van der Waals surface area contributed by atoms with Crippen molar-refractivity contribution in [1.82, 2.24) is 19.8 Å². The van der Waals surface area contributed by atoms with Crippen molar-refractivity contribution in [2.24, 2.45) is 0 Å². The number of hydrogen-bond donors (Lipinski definition) is 0. The molecular formula is C12H11N5O3S. The predicted octanol–water partition coefficient (Wildman–Crippen LogP) is 2.22. The predicted molar refractivity (Wildman–Crippen MR) is 76.2 cm³/mol. The number of benzene rings is 1. The largest absolute Gasteiger partial charge is 0.377 e. The molecule has 0 aliphatic carbocycles. The lowest BCUT2D eigenvalue weighted by Crippen LogP contribution is -1.98. The molecule has 0 radical (unpaired) electrons. The summed E-state index contributed by atoms with van der Waals surface area (Å²) in [7, 11) is 1.57. The van der Waals surface area contributed by atoms with Gasteiger partial charge in [0.25, 0.3) is 5.69 Å². The number of fused-ring (bicyclic) bond motifs is 1. The second-order valence-electron chi connectivity index (χ2n) is 4.36. The van der Waals surface area contributed by atoms with Crippen LogP contribution in [0.25, 0.3) is 15.5 Å². The van der Waals surface area contributed by atoms with Gasteiger partial charge < -0.3 is 4.74 Å². The van der Waals surface area contributed by atoms with Gasteiger partial charge in [0.05, 0.1) is 4.92 Å². The second kappa shape index (κ2) is 5.19. The molecule has 0 saturated heterocycles. The van der Waals surface area contributed by atoms with Gasteiger partial charge in [-0.15, -0.1) is 10.2 Å². The van der Waals surface area contributed by atoms with Crippen LogP contribution in [0.15, 0.2) is 18.2 Å². The first-order valence-electron chi connectivity index (χ1n) is 6.06. The molecule has 1 aromatic carbocycles. The lowest BCUT2D eigenvalue weighted by Gasteiger charge is -2.02. The van der Waals surface area contributed by atoms with E-state index in [-0.39, 0.29) is 5.69 Å². The van der Waals surface area contributed by atoms with E-state index in [0.717, 1.165) is 5.56 Å². The van der Waals surface area contributed by atoms with E-state index < -0.39 is 4.92 Å². The van der Waals surface area contributed by atoms with E-state index in [0.29, 0.717) is 28.0 Å². The SMILES string of the molecule is COCc1nnc2sc(-c3cccc([N+](=O)[O-])c3C)nn12. The summed E-state index contributed by atoms with van der Waals surface area (Å²) in [4.78, 5) is 11.2. The first-order valence-corrected chi connectivity index (χ1v) is 6.88. The number of methoxy groups -OCH3 is 1. The quantitative estimate of drug-likeness (QED) is 0.541. The van der Waals surface area contributed by atoms with Crippen LogP contribution >= 0.6 is 11.3 Å². The molecular weight excluding hydrogens is 294 g/mol. The number of nitrogens with zero attached hydrogens (tertiary/aromatic N) is 5. The van der Waals surface area contributed by atoms with E-state index in [9.17, 15) is 10.1 Å². The Labute approximate surface area is 123 Å². The van der Waals surface area contributed by atoms with Gasteiger partial charge in [-0.2, -0.15) is 9.61 Å². The Hall–Kier alpha value is -2.39. The van der Waals surface area contributed by atoms with Gasteiger partial charge in [0.1, 0.15) is 11.6 Å². The fourth-order valence-corrected chi connectivity index (χ4v) is 2.98. The van der Waals surface area contributed by atoms with Gasteiger partial charge in [0, 0.05) is 24.3 Å². The Morgan fingerprint density at radius 1 is 1.43 bits per heavy atom. The van der Waals surface area contributed by atoms with Crippen LogP contribution in [-0.2, 0) is 11.3 Å². The van der Waals surface area contributed by atoms with E-state index in [4.69, 9.17) is 4.74 Å². The van der Waals surface area contributed by atoms with Gasteiger partial charge in [-0.1, -0.05) is 23.5 Å². The van der Waals surface area contributed by atoms with Crippen molar-refractivity contribution in [2.75, 3.05) is 7.11 Å². The second-order valence-corrected chi connectivity index (χ2v) is 5.31. The molecule has 0 N–H and O–H groups in total. The summed E-state index contributed by atoms with van der Waals surface area (Å²) in [6.45, 7) is 2.02. The van der Waals surface area contributed by atoms with Crippen LogP contribution in [0.1, 0.15) is 11.4 Å². The summed E-state index contributed by atoms with van der Waals surface area (Å²) in [5, 5.41) is 24.1. The van der Waals surface area contributed by atoms with Gasteiger partial charge in [0.2, 0.25) is 4.96 Å². The third-order valence-corrected chi connectivity index (χ3v) is 3.99. The average molecular weight is 305 g/mol. The van der Waals surface area contributed by atoms with Crippen LogP contribution in [0.5, 0.6) is 0 Å². The molecule has 8 nitrogen and oxygen atoms in total. The maximum atomic E-state index is 11.0. The van der Waals surface area contributed by atoms with Gasteiger partial charge in [-0.3, -0.25) is 10.1 Å². The average Bonchev–Trinajstić information content (AvgIpc) is 3.01.